The van der Waals surface area contributed by atoms with Crippen LogP contribution in [0.5, 0.6) is 0 Å². The second-order valence-electron chi connectivity index (χ2n) is 10.6. The number of hydrogen-bond acceptors (Lipinski definition) is 6. The molecule has 1 aliphatic heterocycles. The molecule has 33 heavy (non-hydrogen) atoms. The first-order valence-electron chi connectivity index (χ1n) is 11.9. The van der Waals surface area contributed by atoms with Gasteiger partial charge in [0.05, 0.1) is 17.7 Å². The number of nitrogens with zero attached hydrogens (tertiary/aromatic N) is 5. The fraction of sp³-hybridized carbons (Fsp3) is 0.600. The number of aryl methyl sites for hydroxylation is 1. The fourth-order valence-electron chi connectivity index (χ4n) is 4.77. The first-order chi connectivity index (χ1) is 15.6. The van der Waals surface area contributed by atoms with Crippen LogP contribution in [0, 0.1) is 12.8 Å². The second-order valence-corrected chi connectivity index (χ2v) is 10.6. The number of ether oxygens (including phenoxy) is 1. The van der Waals surface area contributed by atoms with Crippen LogP contribution in [0.25, 0.3) is 10.9 Å². The minimum Gasteiger partial charge on any atom is -0.377 e. The molecule has 178 valence electrons. The summed E-state index contributed by atoms with van der Waals surface area (Å²) in [6, 6.07) is 8.06. The van der Waals surface area contributed by atoms with Gasteiger partial charge in [0.25, 0.3) is 5.56 Å². The zero-order valence-electron chi connectivity index (χ0n) is 20.6. The number of fused-ring (bicyclic) bond motifs is 1. The Morgan fingerprint density at radius 1 is 1.27 bits per heavy atom. The Bertz CT molecular complexity index is 1150. The molecule has 3 aromatic rings. The van der Waals surface area contributed by atoms with Crippen LogP contribution in [0.2, 0.25) is 0 Å². The smallest absolute Gasteiger partial charge is 0.252 e. The van der Waals surface area contributed by atoms with Crippen LogP contribution >= 0.6 is 0 Å². The molecule has 0 radical (unpaired) electrons. The summed E-state index contributed by atoms with van der Waals surface area (Å²) in [5.41, 5.74) is 2.46. The predicted molar refractivity (Wildman–Crippen MR) is 129 cm³/mol. The molecule has 1 N–H and O–H groups in total. The maximum Gasteiger partial charge on any atom is 0.252 e. The summed E-state index contributed by atoms with van der Waals surface area (Å²) in [5, 5.41) is 13.8. The topological polar surface area (TPSA) is 88.9 Å². The van der Waals surface area contributed by atoms with Gasteiger partial charge in [-0.15, -0.1) is 5.10 Å². The summed E-state index contributed by atoms with van der Waals surface area (Å²) in [4.78, 5) is 18.4. The molecule has 1 aromatic carbocycles. The van der Waals surface area contributed by atoms with Gasteiger partial charge in [0.15, 0.2) is 5.82 Å². The van der Waals surface area contributed by atoms with Crippen molar-refractivity contribution < 1.29 is 4.74 Å². The summed E-state index contributed by atoms with van der Waals surface area (Å²) in [6.45, 7) is 14.8. The Labute approximate surface area is 195 Å². The number of hydrogen-bond donors (Lipinski definition) is 1. The zero-order valence-corrected chi connectivity index (χ0v) is 20.6. The Morgan fingerprint density at radius 3 is 2.73 bits per heavy atom. The van der Waals surface area contributed by atoms with Crippen molar-refractivity contribution >= 4 is 10.9 Å². The van der Waals surface area contributed by atoms with Crippen LogP contribution in [-0.2, 0) is 16.8 Å². The molecule has 0 spiro atoms. The lowest BCUT2D eigenvalue weighted by Crippen LogP contribution is -2.41. The Balaban J connectivity index is 1.76. The SMILES string of the molecule is Cc1ccc2[nH]c(=O)c(CN(C[C@@H]3CCCO3)[C@@H](c3nnnn3C(C)(C)C)C(C)C)cc2c1. The summed E-state index contributed by atoms with van der Waals surface area (Å²) in [7, 11) is 0. The Morgan fingerprint density at radius 2 is 2.06 bits per heavy atom. The van der Waals surface area contributed by atoms with E-state index in [0.29, 0.717) is 6.54 Å². The van der Waals surface area contributed by atoms with Crippen LogP contribution in [0.4, 0.5) is 0 Å². The number of benzene rings is 1. The van der Waals surface area contributed by atoms with Crippen molar-refractivity contribution in [3.63, 3.8) is 0 Å². The lowest BCUT2D eigenvalue weighted by Gasteiger charge is -2.36. The molecule has 3 heterocycles. The maximum atomic E-state index is 13.0. The van der Waals surface area contributed by atoms with Crippen molar-refractivity contribution in [2.75, 3.05) is 13.2 Å². The summed E-state index contributed by atoms with van der Waals surface area (Å²) in [5.74, 6) is 1.06. The first kappa shape index (κ1) is 23.6. The predicted octanol–water partition coefficient (Wildman–Crippen LogP) is 3.96. The largest absolute Gasteiger partial charge is 0.377 e. The van der Waals surface area contributed by atoms with Gasteiger partial charge in [0.1, 0.15) is 0 Å². The molecule has 0 amide bonds. The molecule has 0 unspecified atom stereocenters. The maximum absolute atomic E-state index is 13.0. The van der Waals surface area contributed by atoms with E-state index in [9.17, 15) is 4.79 Å². The van der Waals surface area contributed by atoms with Gasteiger partial charge in [0.2, 0.25) is 0 Å². The number of aromatic amines is 1. The highest BCUT2D eigenvalue weighted by Gasteiger charge is 2.34. The molecule has 8 heteroatoms. The molecule has 1 aliphatic rings. The average molecular weight is 453 g/mol. The van der Waals surface area contributed by atoms with Crippen molar-refractivity contribution in [3.8, 4) is 0 Å². The van der Waals surface area contributed by atoms with Gasteiger partial charge in [-0.25, -0.2) is 4.68 Å². The molecule has 0 saturated carbocycles. The van der Waals surface area contributed by atoms with Crippen molar-refractivity contribution in [2.24, 2.45) is 5.92 Å². The molecular weight excluding hydrogens is 416 g/mol. The standard InChI is InChI=1S/C25H36N6O2/c1-16(2)22(23-27-28-29-31(23)25(4,5)6)30(15-20-8-7-11-33-20)14-19-13-18-12-17(3)9-10-21(18)26-24(19)32/h9-10,12-13,16,20,22H,7-8,11,14-15H2,1-6H3,(H,26,32)/t20-,22+/m0/s1. The molecular formula is C25H36N6O2. The van der Waals surface area contributed by atoms with Gasteiger partial charge in [-0.2, -0.15) is 0 Å². The van der Waals surface area contributed by atoms with E-state index in [1.807, 2.05) is 22.9 Å². The number of tetrazole rings is 1. The number of nitrogens with one attached hydrogen (secondary N) is 1. The minimum atomic E-state index is -0.251. The quantitative estimate of drug-likeness (QED) is 0.584. The van der Waals surface area contributed by atoms with Gasteiger partial charge >= 0.3 is 0 Å². The highest BCUT2D eigenvalue weighted by molar-refractivity contribution is 5.79. The molecule has 4 rings (SSSR count). The molecule has 0 aliphatic carbocycles. The summed E-state index contributed by atoms with van der Waals surface area (Å²) >= 11 is 0. The Kier molecular flexibility index (Phi) is 6.68. The highest BCUT2D eigenvalue weighted by Crippen LogP contribution is 2.32. The van der Waals surface area contributed by atoms with Gasteiger partial charge in [-0.05, 0) is 80.5 Å². The Hall–Kier alpha value is -2.58. The average Bonchev–Trinajstić information content (AvgIpc) is 3.40. The van der Waals surface area contributed by atoms with Crippen LogP contribution in [0.1, 0.15) is 70.5 Å². The molecule has 1 fully saturated rings. The first-order valence-corrected chi connectivity index (χ1v) is 11.9. The number of aromatic nitrogens is 5. The van der Waals surface area contributed by atoms with Gasteiger partial charge in [-0.3, -0.25) is 9.69 Å². The highest BCUT2D eigenvalue weighted by atomic mass is 16.5. The van der Waals surface area contributed by atoms with E-state index in [1.54, 1.807) is 0 Å². The third-order valence-electron chi connectivity index (χ3n) is 6.33. The van der Waals surface area contributed by atoms with Crippen LogP contribution in [0.3, 0.4) is 0 Å². The molecule has 2 aromatic heterocycles. The van der Waals surface area contributed by atoms with Crippen molar-refractivity contribution in [3.05, 3.63) is 51.6 Å². The van der Waals surface area contributed by atoms with E-state index in [-0.39, 0.29) is 29.2 Å². The third-order valence-corrected chi connectivity index (χ3v) is 6.33. The number of rotatable bonds is 7. The van der Waals surface area contributed by atoms with Gasteiger partial charge < -0.3 is 9.72 Å². The monoisotopic (exact) mass is 452 g/mol. The summed E-state index contributed by atoms with van der Waals surface area (Å²) < 4.78 is 7.91. The molecule has 0 bridgehead atoms. The van der Waals surface area contributed by atoms with E-state index in [2.05, 4.69) is 73.0 Å². The zero-order chi connectivity index (χ0) is 23.8. The number of pyridine rings is 1. The second kappa shape index (κ2) is 9.35. The van der Waals surface area contributed by atoms with E-state index < -0.39 is 0 Å². The van der Waals surface area contributed by atoms with E-state index in [1.165, 1.54) is 5.56 Å². The van der Waals surface area contributed by atoms with Crippen molar-refractivity contribution in [1.29, 1.82) is 0 Å². The molecule has 8 nitrogen and oxygen atoms in total. The fourth-order valence-corrected chi connectivity index (χ4v) is 4.77. The van der Waals surface area contributed by atoms with Crippen molar-refractivity contribution in [1.82, 2.24) is 30.1 Å². The van der Waals surface area contributed by atoms with Gasteiger partial charge in [0, 0.05) is 30.8 Å². The lowest BCUT2D eigenvalue weighted by atomic mass is 9.98. The molecule has 1 saturated heterocycles. The number of H-pyrrole nitrogens is 1. The minimum absolute atomic E-state index is 0.0541. The normalized spacial score (nSPS) is 18.0. The van der Waals surface area contributed by atoms with Crippen LogP contribution in [-0.4, -0.2) is 49.3 Å². The van der Waals surface area contributed by atoms with E-state index >= 15 is 0 Å². The lowest BCUT2D eigenvalue weighted by molar-refractivity contribution is 0.0371. The molecule has 2 atom stereocenters. The third kappa shape index (κ3) is 5.17. The van der Waals surface area contributed by atoms with Gasteiger partial charge in [-0.1, -0.05) is 25.5 Å². The van der Waals surface area contributed by atoms with E-state index in [0.717, 1.165) is 48.3 Å². The van der Waals surface area contributed by atoms with E-state index in [4.69, 9.17) is 4.74 Å². The summed E-state index contributed by atoms with van der Waals surface area (Å²) in [6.07, 6.45) is 2.24. The van der Waals surface area contributed by atoms with Crippen LogP contribution in [0.15, 0.2) is 29.1 Å². The van der Waals surface area contributed by atoms with Crippen molar-refractivity contribution in [2.45, 2.75) is 78.6 Å². The van der Waals surface area contributed by atoms with Crippen LogP contribution < -0.4 is 5.56 Å².